The van der Waals surface area contributed by atoms with Gasteiger partial charge in [0.2, 0.25) is 0 Å². The number of benzene rings is 2. The number of anilines is 2. The number of hydrogen-bond donors (Lipinski definition) is 3. The molecule has 1 fully saturated rings. The minimum absolute atomic E-state index is 0.108. The zero-order valence-electron chi connectivity index (χ0n) is 19.5. The average molecular weight is 462 g/mol. The van der Waals surface area contributed by atoms with Gasteiger partial charge in [-0.3, -0.25) is 9.47 Å². The second kappa shape index (κ2) is 10.2. The molecule has 1 saturated heterocycles. The fraction of sp³-hybridized carbons (Fsp3) is 0.400. The zero-order chi connectivity index (χ0) is 23.3. The number of para-hydroxylation sites is 1. The van der Waals surface area contributed by atoms with E-state index in [0.29, 0.717) is 13.1 Å². The highest BCUT2D eigenvalue weighted by Crippen LogP contribution is 2.25. The normalized spacial score (nSPS) is 14.6. The van der Waals surface area contributed by atoms with E-state index >= 15 is 0 Å². The minimum atomic E-state index is -0.108. The van der Waals surface area contributed by atoms with Crippen LogP contribution < -0.4 is 16.3 Å². The Hall–Kier alpha value is -3.43. The number of nitrogens with zero attached hydrogens (tertiary/aromatic N) is 4. The van der Waals surface area contributed by atoms with Gasteiger partial charge in [-0.25, -0.2) is 14.8 Å². The van der Waals surface area contributed by atoms with Crippen LogP contribution in [0.4, 0.5) is 11.5 Å². The van der Waals surface area contributed by atoms with E-state index in [-0.39, 0.29) is 5.69 Å². The standard InChI is InChI=1S/C25H31N7O2/c1-2-32-23-15-21-19(14-22(23)30-25(32)33)24(29-17-28-21)27-16-18-6-3-4-7-20(18)26-8-5-9-31-10-12-34-13-11-31/h3-4,6-7,14-15,17,26H,2,5,8-13,16H2,1H3,(H,30,33)(H,27,28,29). The van der Waals surface area contributed by atoms with Gasteiger partial charge in [0.15, 0.2) is 0 Å². The van der Waals surface area contributed by atoms with Crippen molar-refractivity contribution in [1.29, 1.82) is 0 Å². The molecule has 1 aliphatic rings. The summed E-state index contributed by atoms with van der Waals surface area (Å²) >= 11 is 0. The van der Waals surface area contributed by atoms with E-state index < -0.39 is 0 Å². The van der Waals surface area contributed by atoms with Crippen molar-refractivity contribution < 1.29 is 4.74 Å². The maximum atomic E-state index is 12.2. The van der Waals surface area contributed by atoms with Gasteiger partial charge in [0.25, 0.3) is 0 Å². The van der Waals surface area contributed by atoms with Gasteiger partial charge in [0.05, 0.1) is 29.8 Å². The van der Waals surface area contributed by atoms with Crippen molar-refractivity contribution in [1.82, 2.24) is 24.4 Å². The molecule has 0 spiro atoms. The van der Waals surface area contributed by atoms with Gasteiger partial charge in [-0.05, 0) is 43.7 Å². The second-order valence-electron chi connectivity index (χ2n) is 8.53. The summed E-state index contributed by atoms with van der Waals surface area (Å²) in [6.07, 6.45) is 2.65. The average Bonchev–Trinajstić information content (AvgIpc) is 3.18. The lowest BCUT2D eigenvalue weighted by Gasteiger charge is -2.26. The molecule has 2 aromatic heterocycles. The Bertz CT molecular complexity index is 1320. The third-order valence-corrected chi connectivity index (χ3v) is 6.38. The van der Waals surface area contributed by atoms with Crippen molar-refractivity contribution in [2.24, 2.45) is 0 Å². The van der Waals surface area contributed by atoms with E-state index in [9.17, 15) is 4.79 Å². The summed E-state index contributed by atoms with van der Waals surface area (Å²) < 4.78 is 7.14. The molecule has 3 N–H and O–H groups in total. The second-order valence-corrected chi connectivity index (χ2v) is 8.53. The lowest BCUT2D eigenvalue weighted by molar-refractivity contribution is 0.0378. The van der Waals surface area contributed by atoms with Crippen LogP contribution in [0.2, 0.25) is 0 Å². The molecule has 0 atom stereocenters. The third kappa shape index (κ3) is 4.76. The number of ether oxygens (including phenoxy) is 1. The number of hydrogen-bond acceptors (Lipinski definition) is 7. The summed E-state index contributed by atoms with van der Waals surface area (Å²) in [7, 11) is 0. The van der Waals surface area contributed by atoms with Crippen LogP contribution >= 0.6 is 0 Å². The molecule has 9 heteroatoms. The molecule has 0 bridgehead atoms. The molecule has 0 aliphatic carbocycles. The first-order valence-corrected chi connectivity index (χ1v) is 12.0. The van der Waals surface area contributed by atoms with Crippen molar-refractivity contribution in [2.75, 3.05) is 50.0 Å². The number of aromatic amines is 1. The van der Waals surface area contributed by atoms with E-state index in [1.807, 2.05) is 19.1 Å². The molecule has 3 heterocycles. The van der Waals surface area contributed by atoms with Crippen molar-refractivity contribution in [3.63, 3.8) is 0 Å². The van der Waals surface area contributed by atoms with Crippen LogP contribution in [0.1, 0.15) is 18.9 Å². The number of aryl methyl sites for hydroxylation is 1. The van der Waals surface area contributed by atoms with Crippen LogP contribution in [-0.4, -0.2) is 63.8 Å². The van der Waals surface area contributed by atoms with E-state index in [2.05, 4.69) is 54.8 Å². The predicted octanol–water partition coefficient (Wildman–Crippen LogP) is 3.04. The SMILES string of the molecule is CCn1c(=O)[nH]c2cc3c(NCc4ccccc4NCCCN4CCOCC4)ncnc3cc21. The summed E-state index contributed by atoms with van der Waals surface area (Å²) in [6, 6.07) is 12.2. The van der Waals surface area contributed by atoms with E-state index in [4.69, 9.17) is 4.74 Å². The number of fused-ring (bicyclic) bond motifs is 2. The van der Waals surface area contributed by atoms with Gasteiger partial charge < -0.3 is 20.4 Å². The molecule has 0 amide bonds. The quantitative estimate of drug-likeness (QED) is 0.330. The third-order valence-electron chi connectivity index (χ3n) is 6.38. The summed E-state index contributed by atoms with van der Waals surface area (Å²) in [5.41, 5.74) is 4.65. The fourth-order valence-electron chi connectivity index (χ4n) is 4.54. The summed E-state index contributed by atoms with van der Waals surface area (Å²) in [4.78, 5) is 26.5. The number of imidazole rings is 1. The molecule has 0 radical (unpaired) electrons. The first kappa shape index (κ1) is 22.4. The Morgan fingerprint density at radius 2 is 1.97 bits per heavy atom. The summed E-state index contributed by atoms with van der Waals surface area (Å²) in [5.74, 6) is 0.749. The fourth-order valence-corrected chi connectivity index (χ4v) is 4.54. The van der Waals surface area contributed by atoms with Gasteiger partial charge >= 0.3 is 5.69 Å². The number of morpholine rings is 1. The highest BCUT2D eigenvalue weighted by molar-refractivity contribution is 5.98. The molecule has 2 aromatic carbocycles. The van der Waals surface area contributed by atoms with Crippen LogP contribution in [0.15, 0.2) is 47.5 Å². The molecule has 1 aliphatic heterocycles. The van der Waals surface area contributed by atoms with Crippen molar-refractivity contribution >= 4 is 33.4 Å². The molecule has 0 saturated carbocycles. The molecule has 4 aromatic rings. The molecular formula is C25H31N7O2. The van der Waals surface area contributed by atoms with Gasteiger partial charge in [0, 0.05) is 43.8 Å². The molecular weight excluding hydrogens is 430 g/mol. The maximum absolute atomic E-state index is 12.2. The van der Waals surface area contributed by atoms with Crippen LogP contribution in [-0.2, 0) is 17.8 Å². The van der Waals surface area contributed by atoms with Gasteiger partial charge in [-0.1, -0.05) is 18.2 Å². The lowest BCUT2D eigenvalue weighted by atomic mass is 10.1. The minimum Gasteiger partial charge on any atom is -0.385 e. The highest BCUT2D eigenvalue weighted by atomic mass is 16.5. The van der Waals surface area contributed by atoms with Crippen LogP contribution in [0.25, 0.3) is 21.9 Å². The lowest BCUT2D eigenvalue weighted by Crippen LogP contribution is -2.37. The summed E-state index contributed by atoms with van der Waals surface area (Å²) in [5, 5.41) is 7.95. The monoisotopic (exact) mass is 461 g/mol. The largest absolute Gasteiger partial charge is 0.385 e. The first-order valence-electron chi connectivity index (χ1n) is 12.0. The molecule has 5 rings (SSSR count). The Labute approximate surface area is 198 Å². The number of nitrogens with one attached hydrogen (secondary N) is 3. The van der Waals surface area contributed by atoms with Crippen molar-refractivity contribution in [2.45, 2.75) is 26.4 Å². The van der Waals surface area contributed by atoms with E-state index in [1.54, 1.807) is 10.9 Å². The first-order chi connectivity index (χ1) is 16.7. The Morgan fingerprint density at radius 1 is 1.12 bits per heavy atom. The number of aromatic nitrogens is 4. The highest BCUT2D eigenvalue weighted by Gasteiger charge is 2.12. The maximum Gasteiger partial charge on any atom is 0.326 e. The van der Waals surface area contributed by atoms with Gasteiger partial charge in [0.1, 0.15) is 12.1 Å². The molecule has 9 nitrogen and oxygen atoms in total. The van der Waals surface area contributed by atoms with Gasteiger partial charge in [-0.15, -0.1) is 0 Å². The van der Waals surface area contributed by atoms with E-state index in [1.165, 1.54) is 5.56 Å². The van der Waals surface area contributed by atoms with Crippen molar-refractivity contribution in [3.8, 4) is 0 Å². The predicted molar refractivity (Wildman–Crippen MR) is 135 cm³/mol. The Morgan fingerprint density at radius 3 is 2.82 bits per heavy atom. The number of rotatable bonds is 9. The van der Waals surface area contributed by atoms with Crippen LogP contribution in [0.5, 0.6) is 0 Å². The smallest absolute Gasteiger partial charge is 0.326 e. The van der Waals surface area contributed by atoms with E-state index in [0.717, 1.165) is 79.3 Å². The Balaban J connectivity index is 1.28. The molecule has 34 heavy (non-hydrogen) atoms. The zero-order valence-corrected chi connectivity index (χ0v) is 19.5. The van der Waals surface area contributed by atoms with Gasteiger partial charge in [-0.2, -0.15) is 0 Å². The van der Waals surface area contributed by atoms with Crippen LogP contribution in [0.3, 0.4) is 0 Å². The van der Waals surface area contributed by atoms with Crippen LogP contribution in [0, 0.1) is 0 Å². The van der Waals surface area contributed by atoms with Crippen molar-refractivity contribution in [3.05, 3.63) is 58.8 Å². The topological polar surface area (TPSA) is 100 Å². The summed E-state index contributed by atoms with van der Waals surface area (Å²) in [6.45, 7) is 8.93. The molecule has 178 valence electrons. The Kier molecular flexibility index (Phi) is 6.73. The number of H-pyrrole nitrogens is 1. The molecule has 0 unspecified atom stereocenters.